The zero-order valence-corrected chi connectivity index (χ0v) is 16.2. The molecule has 0 unspecified atom stereocenters. The van der Waals surface area contributed by atoms with Crippen LogP contribution in [0.1, 0.15) is 71.3 Å². The molecule has 0 saturated carbocycles. The Balaban J connectivity index is 1.81. The molecule has 0 aliphatic heterocycles. The van der Waals surface area contributed by atoms with E-state index in [1.54, 1.807) is 0 Å². The minimum atomic E-state index is 0.177. The Morgan fingerprint density at radius 2 is 1.92 bits per heavy atom. The fourth-order valence-electron chi connectivity index (χ4n) is 3.19. The van der Waals surface area contributed by atoms with E-state index in [4.69, 9.17) is 0 Å². The van der Waals surface area contributed by atoms with Gasteiger partial charge < -0.3 is 0 Å². The summed E-state index contributed by atoms with van der Waals surface area (Å²) >= 11 is 0. The number of nitrogens with zero attached hydrogens (tertiary/aromatic N) is 1. The van der Waals surface area contributed by atoms with Gasteiger partial charge in [-0.1, -0.05) is 57.2 Å². The van der Waals surface area contributed by atoms with Crippen molar-refractivity contribution in [3.05, 3.63) is 64.9 Å². The summed E-state index contributed by atoms with van der Waals surface area (Å²) in [6.45, 7) is 7.69. The predicted octanol–water partition coefficient (Wildman–Crippen LogP) is 7.06. The minimum absolute atomic E-state index is 0.177. The van der Waals surface area contributed by atoms with Gasteiger partial charge in [0, 0.05) is 5.57 Å². The lowest BCUT2D eigenvalue weighted by Crippen LogP contribution is -2.12. The van der Waals surface area contributed by atoms with E-state index in [0.29, 0.717) is 0 Å². The van der Waals surface area contributed by atoms with Gasteiger partial charge in [0.15, 0.2) is 0 Å². The summed E-state index contributed by atoms with van der Waals surface area (Å²) < 4.78 is 0. The summed E-state index contributed by atoms with van der Waals surface area (Å²) in [6, 6.07) is 10.4. The van der Waals surface area contributed by atoms with Crippen LogP contribution in [-0.4, -0.2) is 6.21 Å². The Bertz CT molecular complexity index is 634. The topological polar surface area (TPSA) is 12.4 Å². The highest BCUT2D eigenvalue weighted by molar-refractivity contribution is 5.57. The SMILES string of the molecule is CC(C)(C)C(=C=CCCCC=NCc1ccccc1)C1=CCCCC1. The molecule has 1 aromatic rings. The molecule has 134 valence electrons. The van der Waals surface area contributed by atoms with E-state index in [2.05, 4.69) is 74.1 Å². The highest BCUT2D eigenvalue weighted by Gasteiger charge is 2.21. The lowest BCUT2D eigenvalue weighted by molar-refractivity contribution is 0.501. The quantitative estimate of drug-likeness (QED) is 0.287. The Labute approximate surface area is 154 Å². The normalized spacial score (nSPS) is 14.9. The Kier molecular flexibility index (Phi) is 7.95. The van der Waals surface area contributed by atoms with E-state index in [1.807, 2.05) is 6.07 Å². The van der Waals surface area contributed by atoms with Gasteiger partial charge in [-0.2, -0.15) is 0 Å². The number of rotatable bonds is 7. The minimum Gasteiger partial charge on any atom is -0.293 e. The lowest BCUT2D eigenvalue weighted by Gasteiger charge is -2.25. The molecular formula is C24H33N. The van der Waals surface area contributed by atoms with Crippen LogP contribution >= 0.6 is 0 Å². The second-order valence-corrected chi connectivity index (χ2v) is 7.89. The lowest BCUT2D eigenvalue weighted by atomic mass is 9.79. The van der Waals surface area contributed by atoms with Crippen LogP contribution in [0.4, 0.5) is 0 Å². The predicted molar refractivity (Wildman–Crippen MR) is 110 cm³/mol. The van der Waals surface area contributed by atoms with Crippen molar-refractivity contribution in [1.82, 2.24) is 0 Å². The second kappa shape index (κ2) is 10.2. The van der Waals surface area contributed by atoms with E-state index >= 15 is 0 Å². The van der Waals surface area contributed by atoms with Crippen LogP contribution in [0.5, 0.6) is 0 Å². The molecule has 0 bridgehead atoms. The second-order valence-electron chi connectivity index (χ2n) is 7.89. The van der Waals surface area contributed by atoms with Gasteiger partial charge in [-0.25, -0.2) is 0 Å². The first-order chi connectivity index (χ1) is 12.1. The Morgan fingerprint density at radius 3 is 2.60 bits per heavy atom. The summed E-state index contributed by atoms with van der Waals surface area (Å²) in [5.41, 5.74) is 8.01. The first-order valence-electron chi connectivity index (χ1n) is 9.74. The zero-order chi connectivity index (χ0) is 18.0. The Hall–Kier alpha value is -1.85. The Morgan fingerprint density at radius 1 is 1.12 bits per heavy atom. The third-order valence-electron chi connectivity index (χ3n) is 4.54. The fourth-order valence-corrected chi connectivity index (χ4v) is 3.19. The van der Waals surface area contributed by atoms with Gasteiger partial charge in [0.05, 0.1) is 6.54 Å². The first-order valence-corrected chi connectivity index (χ1v) is 9.74. The molecule has 0 spiro atoms. The van der Waals surface area contributed by atoms with Crippen molar-refractivity contribution in [2.24, 2.45) is 10.4 Å². The molecule has 0 atom stereocenters. The van der Waals surface area contributed by atoms with Crippen molar-refractivity contribution in [1.29, 1.82) is 0 Å². The maximum absolute atomic E-state index is 4.51. The van der Waals surface area contributed by atoms with Gasteiger partial charge in [-0.05, 0) is 73.8 Å². The standard InChI is InChI=1S/C24H33N/c1-24(2,3)23(22-16-10-7-11-17-22)18-12-4-5-13-19-25-20-21-14-8-6-9-15-21/h6,8-9,12,14-16,19H,4-5,7,10-11,13,17,20H2,1-3H3. The fraction of sp³-hybridized carbons (Fsp3) is 0.500. The number of unbranched alkanes of at least 4 members (excludes halogenated alkanes) is 2. The number of allylic oxidation sites excluding steroid dienone is 3. The van der Waals surface area contributed by atoms with Crippen LogP contribution in [0, 0.1) is 5.41 Å². The van der Waals surface area contributed by atoms with E-state index in [9.17, 15) is 0 Å². The molecule has 25 heavy (non-hydrogen) atoms. The van der Waals surface area contributed by atoms with Crippen molar-refractivity contribution in [2.45, 2.75) is 72.3 Å². The average Bonchev–Trinajstić information content (AvgIpc) is 2.61. The molecule has 0 aromatic heterocycles. The number of hydrogen-bond donors (Lipinski definition) is 0. The molecule has 0 fully saturated rings. The molecule has 0 N–H and O–H groups in total. The van der Waals surface area contributed by atoms with E-state index in [0.717, 1.165) is 25.8 Å². The van der Waals surface area contributed by atoms with Crippen LogP contribution in [-0.2, 0) is 6.54 Å². The summed E-state index contributed by atoms with van der Waals surface area (Å²) in [5.74, 6) is 0. The van der Waals surface area contributed by atoms with Gasteiger partial charge in [-0.3, -0.25) is 4.99 Å². The molecule has 1 aliphatic rings. The summed E-state index contributed by atoms with van der Waals surface area (Å²) in [6.07, 6.45) is 15.1. The van der Waals surface area contributed by atoms with Crippen molar-refractivity contribution in [3.8, 4) is 0 Å². The van der Waals surface area contributed by atoms with Crippen molar-refractivity contribution < 1.29 is 0 Å². The average molecular weight is 336 g/mol. The number of benzene rings is 1. The van der Waals surface area contributed by atoms with Crippen molar-refractivity contribution in [3.63, 3.8) is 0 Å². The van der Waals surface area contributed by atoms with Crippen LogP contribution in [0.25, 0.3) is 0 Å². The van der Waals surface area contributed by atoms with Crippen LogP contribution in [0.3, 0.4) is 0 Å². The van der Waals surface area contributed by atoms with Gasteiger partial charge in [0.1, 0.15) is 0 Å². The molecule has 1 aliphatic carbocycles. The molecule has 0 saturated heterocycles. The highest BCUT2D eigenvalue weighted by atomic mass is 14.7. The maximum Gasteiger partial charge on any atom is 0.0635 e. The third kappa shape index (κ3) is 7.28. The molecule has 1 heteroatoms. The number of hydrogen-bond acceptors (Lipinski definition) is 1. The molecule has 0 radical (unpaired) electrons. The molecule has 0 heterocycles. The van der Waals surface area contributed by atoms with E-state index in [-0.39, 0.29) is 5.41 Å². The monoisotopic (exact) mass is 335 g/mol. The van der Waals surface area contributed by atoms with E-state index in [1.165, 1.54) is 42.4 Å². The highest BCUT2D eigenvalue weighted by Crippen LogP contribution is 2.35. The van der Waals surface area contributed by atoms with E-state index < -0.39 is 0 Å². The summed E-state index contributed by atoms with van der Waals surface area (Å²) in [5, 5.41) is 0. The maximum atomic E-state index is 4.51. The smallest absolute Gasteiger partial charge is 0.0635 e. The van der Waals surface area contributed by atoms with Crippen molar-refractivity contribution >= 4 is 6.21 Å². The largest absolute Gasteiger partial charge is 0.293 e. The molecular weight excluding hydrogens is 302 g/mol. The molecule has 2 rings (SSSR count). The van der Waals surface area contributed by atoms with Crippen LogP contribution in [0.2, 0.25) is 0 Å². The molecule has 1 aromatic carbocycles. The first kappa shape index (κ1) is 19.5. The van der Waals surface area contributed by atoms with Gasteiger partial charge in [0.25, 0.3) is 0 Å². The molecule has 0 amide bonds. The zero-order valence-electron chi connectivity index (χ0n) is 16.2. The summed E-state index contributed by atoms with van der Waals surface area (Å²) in [7, 11) is 0. The van der Waals surface area contributed by atoms with Crippen LogP contribution < -0.4 is 0 Å². The van der Waals surface area contributed by atoms with Gasteiger partial charge >= 0.3 is 0 Å². The van der Waals surface area contributed by atoms with Gasteiger partial charge in [0.2, 0.25) is 0 Å². The number of aliphatic imine (C=N–C) groups is 1. The van der Waals surface area contributed by atoms with Crippen LogP contribution in [0.15, 0.2) is 64.4 Å². The molecule has 1 nitrogen and oxygen atoms in total. The van der Waals surface area contributed by atoms with Crippen molar-refractivity contribution in [2.75, 3.05) is 0 Å². The summed E-state index contributed by atoms with van der Waals surface area (Å²) in [4.78, 5) is 4.51. The van der Waals surface area contributed by atoms with Gasteiger partial charge in [-0.15, -0.1) is 5.73 Å². The third-order valence-corrected chi connectivity index (χ3v) is 4.54.